The lowest BCUT2D eigenvalue weighted by molar-refractivity contribution is 0.198. The van der Waals surface area contributed by atoms with Crippen LogP contribution < -0.4 is 9.47 Å². The molecule has 0 saturated heterocycles. The van der Waals surface area contributed by atoms with E-state index < -0.39 is 6.10 Å². The van der Waals surface area contributed by atoms with Gasteiger partial charge in [-0.15, -0.1) is 0 Å². The van der Waals surface area contributed by atoms with Crippen LogP contribution in [-0.4, -0.2) is 18.3 Å². The molecule has 0 spiro atoms. The van der Waals surface area contributed by atoms with Gasteiger partial charge in [-0.25, -0.2) is 0 Å². The van der Waals surface area contributed by atoms with Gasteiger partial charge in [-0.05, 0) is 24.6 Å². The van der Waals surface area contributed by atoms with Crippen molar-refractivity contribution in [1.29, 1.82) is 0 Å². The molecule has 3 heteroatoms. The highest BCUT2D eigenvalue weighted by molar-refractivity contribution is 5.43. The van der Waals surface area contributed by atoms with E-state index in [0.717, 1.165) is 17.1 Å². The van der Waals surface area contributed by atoms with Crippen molar-refractivity contribution in [2.75, 3.05) is 13.2 Å². The van der Waals surface area contributed by atoms with E-state index in [0.29, 0.717) is 19.1 Å². The molecule has 1 unspecified atom stereocenters. The van der Waals surface area contributed by atoms with Crippen LogP contribution in [0.3, 0.4) is 0 Å². The Morgan fingerprint density at radius 1 is 1.27 bits per heavy atom. The maximum Gasteiger partial charge on any atom is 0.161 e. The van der Waals surface area contributed by atoms with Crippen LogP contribution in [0.25, 0.3) is 0 Å². The Kier molecular flexibility index (Phi) is 2.82. The van der Waals surface area contributed by atoms with Crippen LogP contribution in [0, 0.1) is 5.92 Å². The summed E-state index contributed by atoms with van der Waals surface area (Å²) in [5.74, 6) is 1.90. The first kappa shape index (κ1) is 10.3. The molecule has 15 heavy (non-hydrogen) atoms. The third-order valence-corrected chi connectivity index (χ3v) is 2.50. The Labute approximate surface area is 89.6 Å². The molecule has 1 aliphatic heterocycles. The second kappa shape index (κ2) is 4.11. The van der Waals surface area contributed by atoms with Gasteiger partial charge < -0.3 is 14.6 Å². The van der Waals surface area contributed by atoms with Gasteiger partial charge in [0.2, 0.25) is 0 Å². The molecular weight excluding hydrogens is 192 g/mol. The first-order valence-electron chi connectivity index (χ1n) is 5.24. The fourth-order valence-corrected chi connectivity index (χ4v) is 1.53. The number of hydrogen-bond donors (Lipinski definition) is 1. The molecule has 0 radical (unpaired) electrons. The maximum atomic E-state index is 9.45. The molecule has 1 heterocycles. The van der Waals surface area contributed by atoms with E-state index in [-0.39, 0.29) is 0 Å². The fourth-order valence-electron chi connectivity index (χ4n) is 1.53. The maximum absolute atomic E-state index is 9.45. The number of rotatable bonds is 1. The lowest BCUT2D eigenvalue weighted by Crippen LogP contribution is -2.12. The van der Waals surface area contributed by atoms with Crippen LogP contribution >= 0.6 is 0 Å². The third kappa shape index (κ3) is 2.23. The van der Waals surface area contributed by atoms with Crippen molar-refractivity contribution < 1.29 is 14.6 Å². The lowest BCUT2D eigenvalue weighted by atomic mass is 10.1. The molecule has 1 aromatic rings. The van der Waals surface area contributed by atoms with Crippen LogP contribution in [0.2, 0.25) is 0 Å². The number of fused-ring (bicyclic) bond motifs is 1. The molecule has 0 bridgehead atoms. The van der Waals surface area contributed by atoms with E-state index in [1.165, 1.54) is 0 Å². The molecule has 0 amide bonds. The fraction of sp³-hybridized carbons (Fsp3) is 0.500. The molecular formula is C12H16O3. The zero-order chi connectivity index (χ0) is 10.8. The van der Waals surface area contributed by atoms with Gasteiger partial charge in [0, 0.05) is 5.92 Å². The molecule has 1 N–H and O–H groups in total. The zero-order valence-electron chi connectivity index (χ0n) is 9.06. The number of aliphatic hydroxyl groups is 1. The zero-order valence-corrected chi connectivity index (χ0v) is 9.06. The predicted molar refractivity (Wildman–Crippen MR) is 57.2 cm³/mol. The van der Waals surface area contributed by atoms with Gasteiger partial charge in [-0.1, -0.05) is 13.0 Å². The van der Waals surface area contributed by atoms with Gasteiger partial charge in [0.15, 0.2) is 11.5 Å². The van der Waals surface area contributed by atoms with Gasteiger partial charge >= 0.3 is 0 Å². The summed E-state index contributed by atoms with van der Waals surface area (Å²) in [6.07, 6.45) is -0.473. The van der Waals surface area contributed by atoms with Crippen molar-refractivity contribution >= 4 is 0 Å². The van der Waals surface area contributed by atoms with Crippen molar-refractivity contribution in [3.8, 4) is 11.5 Å². The molecule has 3 nitrogen and oxygen atoms in total. The van der Waals surface area contributed by atoms with Crippen LogP contribution in [0.4, 0.5) is 0 Å². The Hall–Kier alpha value is -1.22. The summed E-state index contributed by atoms with van der Waals surface area (Å²) in [6, 6.07) is 5.57. The highest BCUT2D eigenvalue weighted by Crippen LogP contribution is 2.32. The van der Waals surface area contributed by atoms with Crippen molar-refractivity contribution in [3.63, 3.8) is 0 Å². The lowest BCUT2D eigenvalue weighted by Gasteiger charge is -2.10. The molecule has 1 aliphatic rings. The predicted octanol–water partition coefficient (Wildman–Crippen LogP) is 2.15. The standard InChI is InChI=1S/C12H16O3/c1-8-6-14-11-4-3-10(9(2)13)5-12(11)15-7-8/h3-5,8-9,13H,6-7H2,1-2H3/t8?,9-/m0/s1. The number of hydrogen-bond acceptors (Lipinski definition) is 3. The van der Waals surface area contributed by atoms with Crippen molar-refractivity contribution in [3.05, 3.63) is 23.8 Å². The average Bonchev–Trinajstić information content (AvgIpc) is 2.40. The number of benzene rings is 1. The second-order valence-electron chi connectivity index (χ2n) is 4.11. The molecule has 0 aliphatic carbocycles. The topological polar surface area (TPSA) is 38.7 Å². The Morgan fingerprint density at radius 3 is 2.60 bits per heavy atom. The second-order valence-corrected chi connectivity index (χ2v) is 4.11. The molecule has 2 atom stereocenters. The van der Waals surface area contributed by atoms with Crippen LogP contribution in [0.1, 0.15) is 25.5 Å². The Balaban J connectivity index is 2.28. The summed E-state index contributed by atoms with van der Waals surface area (Å²) in [7, 11) is 0. The van der Waals surface area contributed by atoms with Crippen molar-refractivity contribution in [1.82, 2.24) is 0 Å². The van der Waals surface area contributed by atoms with E-state index in [1.54, 1.807) is 6.92 Å². The van der Waals surface area contributed by atoms with E-state index in [4.69, 9.17) is 9.47 Å². The highest BCUT2D eigenvalue weighted by Gasteiger charge is 2.15. The van der Waals surface area contributed by atoms with Gasteiger partial charge in [-0.3, -0.25) is 0 Å². The Morgan fingerprint density at radius 2 is 1.93 bits per heavy atom. The summed E-state index contributed by atoms with van der Waals surface area (Å²) in [4.78, 5) is 0. The third-order valence-electron chi connectivity index (χ3n) is 2.50. The molecule has 1 aromatic carbocycles. The van der Waals surface area contributed by atoms with Gasteiger partial charge in [0.1, 0.15) is 0 Å². The van der Waals surface area contributed by atoms with Gasteiger partial charge in [0.25, 0.3) is 0 Å². The van der Waals surface area contributed by atoms with Crippen molar-refractivity contribution in [2.45, 2.75) is 20.0 Å². The summed E-state index contributed by atoms with van der Waals surface area (Å²) in [6.45, 7) is 5.17. The summed E-state index contributed by atoms with van der Waals surface area (Å²) in [5.41, 5.74) is 0.854. The van der Waals surface area contributed by atoms with E-state index in [1.807, 2.05) is 18.2 Å². The van der Waals surface area contributed by atoms with Gasteiger partial charge in [0.05, 0.1) is 19.3 Å². The Bertz CT molecular complexity index is 347. The minimum Gasteiger partial charge on any atom is -0.489 e. The quantitative estimate of drug-likeness (QED) is 0.768. The minimum absolute atomic E-state index is 0.396. The smallest absolute Gasteiger partial charge is 0.161 e. The molecule has 0 aromatic heterocycles. The average molecular weight is 208 g/mol. The van der Waals surface area contributed by atoms with Crippen LogP contribution in [0.5, 0.6) is 11.5 Å². The number of aliphatic hydroxyl groups excluding tert-OH is 1. The minimum atomic E-state index is -0.473. The van der Waals surface area contributed by atoms with Crippen LogP contribution in [-0.2, 0) is 0 Å². The summed E-state index contributed by atoms with van der Waals surface area (Å²) in [5, 5.41) is 9.45. The summed E-state index contributed by atoms with van der Waals surface area (Å²) >= 11 is 0. The largest absolute Gasteiger partial charge is 0.489 e. The SMILES string of the molecule is CC1COc2ccc([C@H](C)O)cc2OC1. The van der Waals surface area contributed by atoms with Crippen LogP contribution in [0.15, 0.2) is 18.2 Å². The molecule has 2 rings (SSSR count). The van der Waals surface area contributed by atoms with E-state index in [2.05, 4.69) is 6.92 Å². The molecule has 0 fully saturated rings. The van der Waals surface area contributed by atoms with E-state index in [9.17, 15) is 5.11 Å². The molecule has 0 saturated carbocycles. The van der Waals surface area contributed by atoms with Gasteiger partial charge in [-0.2, -0.15) is 0 Å². The highest BCUT2D eigenvalue weighted by atomic mass is 16.5. The summed E-state index contributed by atoms with van der Waals surface area (Å²) < 4.78 is 11.2. The van der Waals surface area contributed by atoms with Crippen molar-refractivity contribution in [2.24, 2.45) is 5.92 Å². The normalized spacial score (nSPS) is 21.9. The first-order chi connectivity index (χ1) is 7.16. The first-order valence-corrected chi connectivity index (χ1v) is 5.24. The molecule has 82 valence electrons. The monoisotopic (exact) mass is 208 g/mol. The number of ether oxygens (including phenoxy) is 2. The van der Waals surface area contributed by atoms with E-state index >= 15 is 0 Å².